The average Bonchev–Trinajstić information content (AvgIpc) is 2.10. The van der Waals surface area contributed by atoms with Gasteiger partial charge in [-0.1, -0.05) is 0 Å². The van der Waals surface area contributed by atoms with Gasteiger partial charge in [0.05, 0.1) is 0 Å². The number of rotatable bonds is 6. The quantitative estimate of drug-likeness (QED) is 0.350. The second-order valence-corrected chi connectivity index (χ2v) is 4.29. The zero-order valence-corrected chi connectivity index (χ0v) is 10.7. The molecule has 0 aromatic heterocycles. The molecule has 15 heavy (non-hydrogen) atoms. The fourth-order valence-electron chi connectivity index (χ4n) is 1.13. The first kappa shape index (κ1) is 14.2. The molecule has 0 atom stereocenters. The lowest BCUT2D eigenvalue weighted by Crippen LogP contribution is -2.44. The lowest BCUT2D eigenvalue weighted by Gasteiger charge is -2.17. The van der Waals surface area contributed by atoms with Crippen molar-refractivity contribution in [2.24, 2.45) is 4.99 Å². The zero-order valence-electron chi connectivity index (χ0n) is 10.7. The van der Waals surface area contributed by atoms with Gasteiger partial charge >= 0.3 is 0 Å². The Hall–Kier alpha value is -0.770. The summed E-state index contributed by atoms with van der Waals surface area (Å²) in [6.45, 7) is 10.3. The maximum Gasteiger partial charge on any atom is 0.191 e. The van der Waals surface area contributed by atoms with Crippen molar-refractivity contribution in [1.29, 1.82) is 0 Å². The maximum absolute atomic E-state index is 4.50. The predicted molar refractivity (Wildman–Crippen MR) is 67.4 cm³/mol. The number of nitrogens with one attached hydrogen (secondary N) is 3. The standard InChI is InChI=1S/C11H26N4/c1-9(2)14-11(15-10(3)4)13-8-6-7-12-5/h9-10,12H,6-8H2,1-5H3,(H2,13,14,15). The molecule has 0 aromatic carbocycles. The van der Waals surface area contributed by atoms with Crippen molar-refractivity contribution in [2.45, 2.75) is 46.2 Å². The Morgan fingerprint density at radius 2 is 1.60 bits per heavy atom. The molecule has 0 aliphatic heterocycles. The molecule has 0 heterocycles. The summed E-state index contributed by atoms with van der Waals surface area (Å²) in [5, 5.41) is 9.73. The minimum Gasteiger partial charge on any atom is -0.354 e. The predicted octanol–water partition coefficient (Wildman–Crippen LogP) is 0.948. The van der Waals surface area contributed by atoms with Crippen molar-refractivity contribution in [3.05, 3.63) is 0 Å². The van der Waals surface area contributed by atoms with Crippen LogP contribution < -0.4 is 16.0 Å². The molecule has 0 bridgehead atoms. The summed E-state index contributed by atoms with van der Waals surface area (Å²) in [5.41, 5.74) is 0. The molecule has 3 N–H and O–H groups in total. The molecule has 0 saturated heterocycles. The van der Waals surface area contributed by atoms with Crippen molar-refractivity contribution in [3.63, 3.8) is 0 Å². The maximum atomic E-state index is 4.50. The van der Waals surface area contributed by atoms with Crippen LogP contribution in [-0.4, -0.2) is 38.2 Å². The molecule has 90 valence electrons. The van der Waals surface area contributed by atoms with Crippen LogP contribution in [0.4, 0.5) is 0 Å². The first-order chi connectivity index (χ1) is 7.06. The lowest BCUT2D eigenvalue weighted by atomic mass is 10.4. The van der Waals surface area contributed by atoms with Crippen molar-refractivity contribution < 1.29 is 0 Å². The molecule has 4 nitrogen and oxygen atoms in total. The van der Waals surface area contributed by atoms with E-state index in [0.717, 1.165) is 25.5 Å². The summed E-state index contributed by atoms with van der Waals surface area (Å²) in [4.78, 5) is 4.50. The van der Waals surface area contributed by atoms with Gasteiger partial charge in [-0.15, -0.1) is 0 Å². The van der Waals surface area contributed by atoms with Crippen LogP contribution in [0.3, 0.4) is 0 Å². The fourth-order valence-corrected chi connectivity index (χ4v) is 1.13. The normalized spacial score (nSPS) is 10.6. The van der Waals surface area contributed by atoms with E-state index in [1.165, 1.54) is 0 Å². The Morgan fingerprint density at radius 1 is 1.07 bits per heavy atom. The molecule has 0 amide bonds. The summed E-state index contributed by atoms with van der Waals surface area (Å²) in [7, 11) is 1.96. The molecule has 0 radical (unpaired) electrons. The molecule has 0 rings (SSSR count). The topological polar surface area (TPSA) is 48.5 Å². The van der Waals surface area contributed by atoms with E-state index in [1.807, 2.05) is 7.05 Å². The molecular formula is C11H26N4. The van der Waals surface area contributed by atoms with E-state index in [0.29, 0.717) is 12.1 Å². The Bertz CT molecular complexity index is 163. The van der Waals surface area contributed by atoms with Gasteiger partial charge in [-0.2, -0.15) is 0 Å². The van der Waals surface area contributed by atoms with Gasteiger partial charge in [0, 0.05) is 18.6 Å². The summed E-state index contributed by atoms with van der Waals surface area (Å²) in [6.07, 6.45) is 1.07. The summed E-state index contributed by atoms with van der Waals surface area (Å²) in [5.74, 6) is 0.913. The Kier molecular flexibility index (Phi) is 8.09. The van der Waals surface area contributed by atoms with E-state index in [2.05, 4.69) is 48.6 Å². The van der Waals surface area contributed by atoms with Crippen molar-refractivity contribution in [1.82, 2.24) is 16.0 Å². The SMILES string of the molecule is CNCCCN=C(NC(C)C)NC(C)C. The first-order valence-corrected chi connectivity index (χ1v) is 5.78. The largest absolute Gasteiger partial charge is 0.354 e. The number of hydrogen-bond donors (Lipinski definition) is 3. The van der Waals surface area contributed by atoms with Gasteiger partial charge in [-0.25, -0.2) is 0 Å². The Morgan fingerprint density at radius 3 is 2.00 bits per heavy atom. The minimum absolute atomic E-state index is 0.416. The highest BCUT2D eigenvalue weighted by molar-refractivity contribution is 5.80. The van der Waals surface area contributed by atoms with Gasteiger partial charge < -0.3 is 16.0 Å². The Balaban J connectivity index is 3.97. The molecule has 0 aromatic rings. The minimum atomic E-state index is 0.416. The number of nitrogens with zero attached hydrogens (tertiary/aromatic N) is 1. The van der Waals surface area contributed by atoms with Gasteiger partial charge in [0.2, 0.25) is 0 Å². The highest BCUT2D eigenvalue weighted by atomic mass is 15.2. The first-order valence-electron chi connectivity index (χ1n) is 5.78. The third-order valence-corrected chi connectivity index (χ3v) is 1.71. The van der Waals surface area contributed by atoms with E-state index in [1.54, 1.807) is 0 Å². The zero-order chi connectivity index (χ0) is 11.7. The van der Waals surface area contributed by atoms with Crippen LogP contribution in [0.1, 0.15) is 34.1 Å². The van der Waals surface area contributed by atoms with Crippen LogP contribution in [0.2, 0.25) is 0 Å². The molecule has 0 saturated carbocycles. The van der Waals surface area contributed by atoms with Gasteiger partial charge in [-0.3, -0.25) is 4.99 Å². The third-order valence-electron chi connectivity index (χ3n) is 1.71. The van der Waals surface area contributed by atoms with E-state index in [-0.39, 0.29) is 0 Å². The van der Waals surface area contributed by atoms with Gasteiger partial charge in [0.15, 0.2) is 5.96 Å². The second-order valence-electron chi connectivity index (χ2n) is 4.29. The molecular weight excluding hydrogens is 188 g/mol. The molecule has 0 unspecified atom stereocenters. The van der Waals surface area contributed by atoms with Crippen molar-refractivity contribution >= 4 is 5.96 Å². The fraction of sp³-hybridized carbons (Fsp3) is 0.909. The van der Waals surface area contributed by atoms with E-state index >= 15 is 0 Å². The molecule has 0 aliphatic carbocycles. The molecule has 0 fully saturated rings. The van der Waals surface area contributed by atoms with E-state index in [4.69, 9.17) is 0 Å². The van der Waals surface area contributed by atoms with Crippen LogP contribution in [0, 0.1) is 0 Å². The molecule has 4 heteroatoms. The van der Waals surface area contributed by atoms with Crippen LogP contribution in [0.25, 0.3) is 0 Å². The van der Waals surface area contributed by atoms with Crippen LogP contribution in [0.5, 0.6) is 0 Å². The summed E-state index contributed by atoms with van der Waals surface area (Å²) < 4.78 is 0. The number of hydrogen-bond acceptors (Lipinski definition) is 2. The van der Waals surface area contributed by atoms with E-state index < -0.39 is 0 Å². The van der Waals surface area contributed by atoms with Gasteiger partial charge in [-0.05, 0) is 47.7 Å². The highest BCUT2D eigenvalue weighted by Crippen LogP contribution is 1.85. The van der Waals surface area contributed by atoms with Gasteiger partial charge in [0.1, 0.15) is 0 Å². The summed E-state index contributed by atoms with van der Waals surface area (Å²) >= 11 is 0. The van der Waals surface area contributed by atoms with Gasteiger partial charge in [0.25, 0.3) is 0 Å². The second kappa shape index (κ2) is 8.53. The monoisotopic (exact) mass is 214 g/mol. The average molecular weight is 214 g/mol. The molecule has 0 aliphatic rings. The smallest absolute Gasteiger partial charge is 0.191 e. The van der Waals surface area contributed by atoms with Crippen LogP contribution >= 0.6 is 0 Å². The van der Waals surface area contributed by atoms with Crippen LogP contribution in [-0.2, 0) is 0 Å². The van der Waals surface area contributed by atoms with E-state index in [9.17, 15) is 0 Å². The summed E-state index contributed by atoms with van der Waals surface area (Å²) in [6, 6.07) is 0.832. The number of aliphatic imine (C=N–C) groups is 1. The Labute approximate surface area is 93.9 Å². The lowest BCUT2D eigenvalue weighted by molar-refractivity contribution is 0.650. The van der Waals surface area contributed by atoms with Crippen LogP contribution in [0.15, 0.2) is 4.99 Å². The van der Waals surface area contributed by atoms with Crippen molar-refractivity contribution in [2.75, 3.05) is 20.1 Å². The number of guanidine groups is 1. The van der Waals surface area contributed by atoms with Crippen molar-refractivity contribution in [3.8, 4) is 0 Å². The third kappa shape index (κ3) is 9.53. The molecule has 0 spiro atoms. The highest BCUT2D eigenvalue weighted by Gasteiger charge is 2.01.